The lowest BCUT2D eigenvalue weighted by atomic mass is 9.93. The van der Waals surface area contributed by atoms with E-state index in [4.69, 9.17) is 0 Å². The Morgan fingerprint density at radius 1 is 0.917 bits per heavy atom. The van der Waals surface area contributed by atoms with Gasteiger partial charge in [-0.15, -0.1) is 0 Å². The fourth-order valence-electron chi connectivity index (χ4n) is 1.93. The molecule has 0 aliphatic carbocycles. The smallest absolute Gasteiger partial charge is 0.0622 e. The van der Waals surface area contributed by atoms with E-state index in [0.717, 1.165) is 0 Å². The number of rotatable bonds is 0. The van der Waals surface area contributed by atoms with Gasteiger partial charge in [0.2, 0.25) is 0 Å². The number of hydrogen-bond acceptors (Lipinski definition) is 2. The third-order valence-electron chi connectivity index (χ3n) is 3.46. The second-order valence-electron chi connectivity index (χ2n) is 4.68. The van der Waals surface area contributed by atoms with Crippen LogP contribution in [-0.2, 0) is 0 Å². The van der Waals surface area contributed by atoms with E-state index < -0.39 is 0 Å². The molecule has 1 N–H and O–H groups in total. The summed E-state index contributed by atoms with van der Waals surface area (Å²) in [6.07, 6.45) is 0. The second kappa shape index (κ2) is 2.33. The largest absolute Gasteiger partial charge is 0.312 e. The van der Waals surface area contributed by atoms with Crippen molar-refractivity contribution in [1.82, 2.24) is 5.06 Å². The first-order valence-electron chi connectivity index (χ1n) is 4.40. The quantitative estimate of drug-likeness (QED) is 0.563. The molecule has 2 nitrogen and oxygen atoms in total. The first-order chi connectivity index (χ1) is 5.22. The Labute approximate surface area is 74.8 Å². The summed E-state index contributed by atoms with van der Waals surface area (Å²) in [5, 5.41) is 11.4. The Balaban J connectivity index is 3.22. The lowest BCUT2D eigenvalue weighted by molar-refractivity contribution is -0.187. The van der Waals surface area contributed by atoms with E-state index >= 15 is 0 Å². The minimum Gasteiger partial charge on any atom is -0.312 e. The molecule has 0 spiro atoms. The van der Waals surface area contributed by atoms with Gasteiger partial charge in [-0.1, -0.05) is 11.1 Å². The Morgan fingerprint density at radius 2 is 1.17 bits per heavy atom. The van der Waals surface area contributed by atoms with Crippen molar-refractivity contribution in [3.05, 3.63) is 11.1 Å². The molecule has 0 unspecified atom stereocenters. The molecular formula is C10H19NO. The summed E-state index contributed by atoms with van der Waals surface area (Å²) in [5.41, 5.74) is 2.12. The Morgan fingerprint density at radius 3 is 1.25 bits per heavy atom. The fourth-order valence-corrected chi connectivity index (χ4v) is 1.93. The van der Waals surface area contributed by atoms with E-state index in [-0.39, 0.29) is 11.1 Å². The average Bonchev–Trinajstić information content (AvgIpc) is 2.06. The fraction of sp³-hybridized carbons (Fsp3) is 0.800. The van der Waals surface area contributed by atoms with Gasteiger partial charge in [-0.3, -0.25) is 0 Å². The minimum absolute atomic E-state index is 0.215. The third kappa shape index (κ3) is 0.947. The summed E-state index contributed by atoms with van der Waals surface area (Å²) in [5.74, 6) is 0. The Kier molecular flexibility index (Phi) is 1.89. The molecule has 0 atom stereocenters. The zero-order valence-corrected chi connectivity index (χ0v) is 8.89. The van der Waals surface area contributed by atoms with Gasteiger partial charge in [-0.25, -0.2) is 0 Å². The van der Waals surface area contributed by atoms with E-state index in [9.17, 15) is 5.21 Å². The van der Waals surface area contributed by atoms with Gasteiger partial charge in [0.1, 0.15) is 0 Å². The molecule has 0 amide bonds. The summed E-state index contributed by atoms with van der Waals surface area (Å²) in [7, 11) is 0. The minimum atomic E-state index is -0.215. The topological polar surface area (TPSA) is 23.5 Å². The van der Waals surface area contributed by atoms with E-state index in [0.29, 0.717) is 0 Å². The molecule has 70 valence electrons. The first kappa shape index (κ1) is 9.75. The van der Waals surface area contributed by atoms with Gasteiger partial charge >= 0.3 is 0 Å². The maximum absolute atomic E-state index is 9.92. The first-order valence-corrected chi connectivity index (χ1v) is 4.40. The molecule has 0 fully saturated rings. The number of nitrogens with zero attached hydrogens (tertiary/aromatic N) is 1. The van der Waals surface area contributed by atoms with E-state index in [1.165, 1.54) is 16.2 Å². The lowest BCUT2D eigenvalue weighted by Crippen LogP contribution is -2.48. The molecule has 12 heavy (non-hydrogen) atoms. The molecule has 0 aromatic carbocycles. The molecule has 1 heterocycles. The Hall–Kier alpha value is -0.340. The van der Waals surface area contributed by atoms with Crippen LogP contribution in [-0.4, -0.2) is 21.3 Å². The molecule has 0 aromatic rings. The lowest BCUT2D eigenvalue weighted by Gasteiger charge is -2.36. The van der Waals surface area contributed by atoms with Gasteiger partial charge in [-0.05, 0) is 41.5 Å². The van der Waals surface area contributed by atoms with Crippen molar-refractivity contribution in [3.8, 4) is 0 Å². The van der Waals surface area contributed by atoms with Crippen LogP contribution in [0.15, 0.2) is 11.1 Å². The van der Waals surface area contributed by atoms with E-state index in [2.05, 4.69) is 13.8 Å². The van der Waals surface area contributed by atoms with E-state index in [1.54, 1.807) is 0 Å². The van der Waals surface area contributed by atoms with E-state index in [1.807, 2.05) is 27.7 Å². The third-order valence-corrected chi connectivity index (χ3v) is 3.46. The molecule has 0 aromatic heterocycles. The van der Waals surface area contributed by atoms with Crippen LogP contribution in [0.5, 0.6) is 0 Å². The van der Waals surface area contributed by atoms with Crippen molar-refractivity contribution < 1.29 is 5.21 Å². The zero-order valence-electron chi connectivity index (χ0n) is 8.89. The maximum atomic E-state index is 9.92. The molecule has 1 aliphatic heterocycles. The van der Waals surface area contributed by atoms with Gasteiger partial charge in [0.25, 0.3) is 0 Å². The van der Waals surface area contributed by atoms with Crippen molar-refractivity contribution in [1.29, 1.82) is 0 Å². The summed E-state index contributed by atoms with van der Waals surface area (Å²) < 4.78 is 0. The van der Waals surface area contributed by atoms with Crippen LogP contribution in [0.25, 0.3) is 0 Å². The monoisotopic (exact) mass is 169 g/mol. The normalized spacial score (nSPS) is 28.2. The standard InChI is InChI=1S/C10H19NO/c1-7-8(2)10(5,6)11(12)9(7,3)4/h12H,1-6H3. The summed E-state index contributed by atoms with van der Waals surface area (Å²) >= 11 is 0. The van der Waals surface area contributed by atoms with Crippen molar-refractivity contribution in [2.24, 2.45) is 0 Å². The van der Waals surface area contributed by atoms with Crippen LogP contribution >= 0.6 is 0 Å². The van der Waals surface area contributed by atoms with Crippen LogP contribution in [0.1, 0.15) is 41.5 Å². The predicted octanol–water partition coefficient (Wildman–Crippen LogP) is 2.58. The molecule has 1 rings (SSSR count). The highest BCUT2D eigenvalue weighted by molar-refractivity contribution is 5.35. The number of hydrogen-bond donors (Lipinski definition) is 1. The predicted molar refractivity (Wildman–Crippen MR) is 50.2 cm³/mol. The van der Waals surface area contributed by atoms with Gasteiger partial charge in [0.15, 0.2) is 0 Å². The molecular weight excluding hydrogens is 150 g/mol. The molecule has 0 radical (unpaired) electrons. The second-order valence-corrected chi connectivity index (χ2v) is 4.68. The average molecular weight is 169 g/mol. The molecule has 0 saturated heterocycles. The zero-order chi connectivity index (χ0) is 9.73. The molecule has 1 aliphatic rings. The molecule has 2 heteroatoms. The van der Waals surface area contributed by atoms with Crippen LogP contribution in [0, 0.1) is 0 Å². The maximum Gasteiger partial charge on any atom is 0.0622 e. The highest BCUT2D eigenvalue weighted by Gasteiger charge is 2.46. The van der Waals surface area contributed by atoms with Crippen LogP contribution in [0.4, 0.5) is 0 Å². The van der Waals surface area contributed by atoms with Gasteiger partial charge < -0.3 is 5.21 Å². The van der Waals surface area contributed by atoms with Crippen molar-refractivity contribution >= 4 is 0 Å². The van der Waals surface area contributed by atoms with Crippen molar-refractivity contribution in [2.75, 3.05) is 0 Å². The summed E-state index contributed by atoms with van der Waals surface area (Å²) in [6, 6.07) is 0. The van der Waals surface area contributed by atoms with Gasteiger partial charge in [0.05, 0.1) is 11.1 Å². The molecule has 0 bridgehead atoms. The number of hydroxylamine groups is 2. The van der Waals surface area contributed by atoms with Crippen LogP contribution in [0.2, 0.25) is 0 Å². The van der Waals surface area contributed by atoms with Crippen LogP contribution < -0.4 is 0 Å². The Bertz CT molecular complexity index is 214. The summed E-state index contributed by atoms with van der Waals surface area (Å²) in [6.45, 7) is 12.4. The SMILES string of the molecule is CC1=C(C)C(C)(C)N(O)C1(C)C. The van der Waals surface area contributed by atoms with Crippen LogP contribution in [0.3, 0.4) is 0 Å². The van der Waals surface area contributed by atoms with Gasteiger partial charge in [0, 0.05) is 0 Å². The van der Waals surface area contributed by atoms with Crippen molar-refractivity contribution in [2.45, 2.75) is 52.6 Å². The highest BCUT2D eigenvalue weighted by atomic mass is 16.5. The highest BCUT2D eigenvalue weighted by Crippen LogP contribution is 2.42. The van der Waals surface area contributed by atoms with Gasteiger partial charge in [-0.2, -0.15) is 5.06 Å². The molecule has 0 saturated carbocycles. The summed E-state index contributed by atoms with van der Waals surface area (Å²) in [4.78, 5) is 0. The van der Waals surface area contributed by atoms with Crippen molar-refractivity contribution in [3.63, 3.8) is 0 Å².